The fourth-order valence-corrected chi connectivity index (χ4v) is 4.31. The molecule has 2 rings (SSSR count). The minimum Gasteiger partial charge on any atom is -0.352 e. The first-order chi connectivity index (χ1) is 16.6. The molecule has 0 aliphatic heterocycles. The van der Waals surface area contributed by atoms with Crippen LogP contribution >= 0.6 is 0 Å². The van der Waals surface area contributed by atoms with E-state index in [2.05, 4.69) is 5.32 Å². The molecular formula is C25H32F3N3O4S. The van der Waals surface area contributed by atoms with Gasteiger partial charge in [0.25, 0.3) is 0 Å². The minimum absolute atomic E-state index is 0.0147. The summed E-state index contributed by atoms with van der Waals surface area (Å²) in [6.07, 6.45) is -3.21. The molecule has 0 aliphatic carbocycles. The fourth-order valence-electron chi connectivity index (χ4n) is 3.47. The number of halogens is 3. The maximum absolute atomic E-state index is 13.5. The first kappa shape index (κ1) is 29.2. The molecule has 198 valence electrons. The molecule has 1 N–H and O–H groups in total. The predicted molar refractivity (Wildman–Crippen MR) is 133 cm³/mol. The molecule has 7 nitrogen and oxygen atoms in total. The number of carbonyl (C=O) groups excluding carboxylic acids is 2. The van der Waals surface area contributed by atoms with E-state index in [1.54, 1.807) is 12.1 Å². The van der Waals surface area contributed by atoms with Gasteiger partial charge in [-0.1, -0.05) is 37.3 Å². The third-order valence-corrected chi connectivity index (χ3v) is 7.05. The third-order valence-electron chi connectivity index (χ3n) is 5.91. The van der Waals surface area contributed by atoms with Crippen molar-refractivity contribution in [2.45, 2.75) is 58.9 Å². The van der Waals surface area contributed by atoms with Crippen LogP contribution in [0.4, 0.5) is 18.9 Å². The Balaban J connectivity index is 2.45. The zero-order valence-corrected chi connectivity index (χ0v) is 21.8. The zero-order valence-electron chi connectivity index (χ0n) is 21.0. The highest BCUT2D eigenvalue weighted by Crippen LogP contribution is 2.32. The molecule has 0 saturated carbocycles. The molecule has 0 fully saturated rings. The second kappa shape index (κ2) is 11.8. The van der Waals surface area contributed by atoms with Gasteiger partial charge in [-0.2, -0.15) is 13.2 Å². The molecule has 0 aliphatic rings. The second-order valence-electron chi connectivity index (χ2n) is 8.76. The molecule has 11 heteroatoms. The van der Waals surface area contributed by atoms with Crippen LogP contribution in [-0.4, -0.2) is 50.0 Å². The van der Waals surface area contributed by atoms with E-state index < -0.39 is 46.2 Å². The van der Waals surface area contributed by atoms with Crippen LogP contribution in [0.1, 0.15) is 43.9 Å². The van der Waals surface area contributed by atoms with Gasteiger partial charge >= 0.3 is 6.18 Å². The lowest BCUT2D eigenvalue weighted by molar-refractivity contribution is -0.139. The smallest absolute Gasteiger partial charge is 0.352 e. The Labute approximate surface area is 210 Å². The lowest BCUT2D eigenvalue weighted by Gasteiger charge is -2.32. The molecule has 2 atom stereocenters. The molecule has 2 amide bonds. The van der Waals surface area contributed by atoms with Crippen LogP contribution in [0.15, 0.2) is 48.5 Å². The van der Waals surface area contributed by atoms with Crippen molar-refractivity contribution in [3.05, 3.63) is 65.2 Å². The summed E-state index contributed by atoms with van der Waals surface area (Å²) in [7, 11) is -4.14. The van der Waals surface area contributed by atoms with Crippen molar-refractivity contribution in [1.82, 2.24) is 10.2 Å². The number of aryl methyl sites for hydroxylation is 1. The fraction of sp³-hybridized carbons (Fsp3) is 0.440. The molecule has 2 unspecified atom stereocenters. The van der Waals surface area contributed by atoms with Gasteiger partial charge < -0.3 is 10.2 Å². The maximum atomic E-state index is 13.5. The van der Waals surface area contributed by atoms with Gasteiger partial charge in [0.05, 0.1) is 17.5 Å². The molecule has 36 heavy (non-hydrogen) atoms. The van der Waals surface area contributed by atoms with Crippen molar-refractivity contribution in [1.29, 1.82) is 0 Å². The van der Waals surface area contributed by atoms with Crippen LogP contribution in [0, 0.1) is 6.92 Å². The monoisotopic (exact) mass is 527 g/mol. The van der Waals surface area contributed by atoms with Gasteiger partial charge in [-0.3, -0.25) is 13.9 Å². The van der Waals surface area contributed by atoms with Crippen molar-refractivity contribution < 1.29 is 31.2 Å². The third kappa shape index (κ3) is 7.71. The van der Waals surface area contributed by atoms with Gasteiger partial charge in [-0.25, -0.2) is 8.42 Å². The van der Waals surface area contributed by atoms with Crippen molar-refractivity contribution in [3.8, 4) is 0 Å². The Hall–Kier alpha value is -3.08. The number of hydrogen-bond donors (Lipinski definition) is 1. The average Bonchev–Trinajstić information content (AvgIpc) is 2.80. The van der Waals surface area contributed by atoms with Crippen molar-refractivity contribution in [2.75, 3.05) is 17.1 Å². The molecule has 2 aromatic carbocycles. The van der Waals surface area contributed by atoms with Crippen LogP contribution < -0.4 is 9.62 Å². The summed E-state index contributed by atoms with van der Waals surface area (Å²) in [6, 6.07) is 9.88. The number of amides is 2. The number of benzene rings is 2. The van der Waals surface area contributed by atoms with E-state index in [1.807, 2.05) is 32.9 Å². The number of sulfonamides is 1. The van der Waals surface area contributed by atoms with E-state index in [0.29, 0.717) is 16.8 Å². The van der Waals surface area contributed by atoms with E-state index >= 15 is 0 Å². The normalized spacial score (nSPS) is 13.6. The van der Waals surface area contributed by atoms with Gasteiger partial charge in [0.1, 0.15) is 12.6 Å². The second-order valence-corrected chi connectivity index (χ2v) is 10.7. The Kier molecular flexibility index (Phi) is 9.53. The summed E-state index contributed by atoms with van der Waals surface area (Å²) in [6.45, 7) is 6.33. The summed E-state index contributed by atoms with van der Waals surface area (Å²) in [5, 5.41) is 2.81. The van der Waals surface area contributed by atoms with E-state index in [9.17, 15) is 31.2 Å². The highest BCUT2D eigenvalue weighted by atomic mass is 32.2. The van der Waals surface area contributed by atoms with Gasteiger partial charge in [-0.05, 0) is 56.5 Å². The Bertz CT molecular complexity index is 1190. The highest BCUT2D eigenvalue weighted by Gasteiger charge is 2.33. The van der Waals surface area contributed by atoms with E-state index in [-0.39, 0.29) is 18.3 Å². The molecule has 0 radical (unpaired) electrons. The molecule has 2 aromatic rings. The van der Waals surface area contributed by atoms with Crippen LogP contribution in [0.3, 0.4) is 0 Å². The Morgan fingerprint density at radius 2 is 1.69 bits per heavy atom. The minimum atomic E-state index is -4.69. The first-order valence-electron chi connectivity index (χ1n) is 11.4. The SMILES string of the molecule is CCC(C)NC(=O)C(C)N(Cc1ccccc1C)C(=O)CN(c1cccc(C(F)(F)F)c1)S(C)(=O)=O. The molecule has 0 spiro atoms. The number of anilines is 1. The van der Waals surface area contributed by atoms with E-state index in [0.717, 1.165) is 29.5 Å². The molecule has 0 saturated heterocycles. The van der Waals surface area contributed by atoms with Crippen molar-refractivity contribution in [2.24, 2.45) is 0 Å². The quantitative estimate of drug-likeness (QED) is 0.504. The number of nitrogens with zero attached hydrogens (tertiary/aromatic N) is 2. The zero-order chi connectivity index (χ0) is 27.3. The summed E-state index contributed by atoms with van der Waals surface area (Å²) in [5.74, 6) is -1.15. The van der Waals surface area contributed by atoms with Crippen LogP contribution in [0.5, 0.6) is 0 Å². The number of rotatable bonds is 10. The van der Waals surface area contributed by atoms with Crippen LogP contribution in [-0.2, 0) is 32.3 Å². The highest BCUT2D eigenvalue weighted by molar-refractivity contribution is 7.92. The van der Waals surface area contributed by atoms with Gasteiger partial charge in [-0.15, -0.1) is 0 Å². The lowest BCUT2D eigenvalue weighted by Crippen LogP contribution is -2.52. The topological polar surface area (TPSA) is 86.8 Å². The first-order valence-corrected chi connectivity index (χ1v) is 13.3. The standard InChI is InChI=1S/C25H32F3N3O4S/c1-6-18(3)29-24(33)19(4)30(15-20-11-8-7-10-17(20)2)23(32)16-31(36(5,34)35)22-13-9-12-21(14-22)25(26,27)28/h7-14,18-19H,6,15-16H2,1-5H3,(H,29,33). The Morgan fingerprint density at radius 1 is 1.06 bits per heavy atom. The average molecular weight is 528 g/mol. The maximum Gasteiger partial charge on any atom is 0.416 e. The largest absolute Gasteiger partial charge is 0.416 e. The van der Waals surface area contributed by atoms with Gasteiger partial charge in [0, 0.05) is 12.6 Å². The summed E-state index contributed by atoms with van der Waals surface area (Å²) in [5.41, 5.74) is 0.272. The number of alkyl halides is 3. The number of carbonyl (C=O) groups is 2. The molecular weight excluding hydrogens is 495 g/mol. The van der Waals surface area contributed by atoms with Crippen molar-refractivity contribution >= 4 is 27.5 Å². The van der Waals surface area contributed by atoms with E-state index in [4.69, 9.17) is 0 Å². The van der Waals surface area contributed by atoms with Crippen LogP contribution in [0.25, 0.3) is 0 Å². The Morgan fingerprint density at radius 3 is 2.25 bits per heavy atom. The number of hydrogen-bond acceptors (Lipinski definition) is 4. The molecule has 0 heterocycles. The van der Waals surface area contributed by atoms with E-state index in [1.165, 1.54) is 17.9 Å². The predicted octanol–water partition coefficient (Wildman–Crippen LogP) is 4.11. The summed E-state index contributed by atoms with van der Waals surface area (Å²) < 4.78 is 65.4. The molecule has 0 aromatic heterocycles. The van der Waals surface area contributed by atoms with Crippen LogP contribution in [0.2, 0.25) is 0 Å². The van der Waals surface area contributed by atoms with Crippen molar-refractivity contribution in [3.63, 3.8) is 0 Å². The summed E-state index contributed by atoms with van der Waals surface area (Å²) >= 11 is 0. The lowest BCUT2D eigenvalue weighted by atomic mass is 10.1. The molecule has 0 bridgehead atoms. The van der Waals surface area contributed by atoms with Gasteiger partial charge in [0.15, 0.2) is 0 Å². The number of nitrogens with one attached hydrogen (secondary N) is 1. The summed E-state index contributed by atoms with van der Waals surface area (Å²) in [4.78, 5) is 27.6. The van der Waals surface area contributed by atoms with Gasteiger partial charge in [0.2, 0.25) is 21.8 Å².